The number of esters is 2. The van der Waals surface area contributed by atoms with E-state index in [-0.39, 0.29) is 19.4 Å². The van der Waals surface area contributed by atoms with Crippen molar-refractivity contribution in [3.63, 3.8) is 0 Å². The molecule has 0 spiro atoms. The molecule has 0 N–H and O–H groups in total. The van der Waals surface area contributed by atoms with Gasteiger partial charge in [-0.3, -0.25) is 9.59 Å². The first-order valence-corrected chi connectivity index (χ1v) is 5.04. The van der Waals surface area contributed by atoms with Crippen molar-refractivity contribution in [1.29, 1.82) is 0 Å². The van der Waals surface area contributed by atoms with Gasteiger partial charge in [-0.15, -0.1) is 0 Å². The van der Waals surface area contributed by atoms with Crippen LogP contribution in [-0.4, -0.2) is 31.8 Å². The molecule has 0 aliphatic heterocycles. The molecule has 0 heterocycles. The van der Waals surface area contributed by atoms with Gasteiger partial charge >= 0.3 is 18.1 Å². The molecule has 0 saturated heterocycles. The van der Waals surface area contributed by atoms with E-state index in [1.165, 1.54) is 0 Å². The molecule has 0 saturated carbocycles. The Morgan fingerprint density at radius 2 is 1.50 bits per heavy atom. The molecule has 6 nitrogen and oxygen atoms in total. The lowest BCUT2D eigenvalue weighted by Gasteiger charge is -2.01. The third-order valence-electron chi connectivity index (χ3n) is 1.20. The zero-order valence-corrected chi connectivity index (χ0v) is 10.1. The Kier molecular flexibility index (Phi) is 12.1. The van der Waals surface area contributed by atoms with Crippen molar-refractivity contribution >= 4 is 18.1 Å². The first-order valence-electron chi connectivity index (χ1n) is 5.04. The standard InChI is InChI=1S/C8H12O6.C2H6/c1-3-13-6(9)4-5-7(10)14-8(11)12-2;1-2/h3-5H2,1-2H3;1-2H3. The zero-order valence-electron chi connectivity index (χ0n) is 10.1. The first-order chi connectivity index (χ1) is 7.60. The van der Waals surface area contributed by atoms with Gasteiger partial charge in [0, 0.05) is 0 Å². The topological polar surface area (TPSA) is 78.9 Å². The van der Waals surface area contributed by atoms with Crippen LogP contribution >= 0.6 is 0 Å². The summed E-state index contributed by atoms with van der Waals surface area (Å²) in [5.74, 6) is -1.32. The molecule has 0 unspecified atom stereocenters. The number of ether oxygens (including phenoxy) is 3. The predicted molar refractivity (Wildman–Crippen MR) is 55.7 cm³/mol. The van der Waals surface area contributed by atoms with Gasteiger partial charge in [0.15, 0.2) is 0 Å². The average molecular weight is 234 g/mol. The highest BCUT2D eigenvalue weighted by atomic mass is 16.7. The second-order valence-corrected chi connectivity index (χ2v) is 2.23. The van der Waals surface area contributed by atoms with Crippen LogP contribution in [0, 0.1) is 0 Å². The maximum Gasteiger partial charge on any atom is 0.515 e. The minimum Gasteiger partial charge on any atom is -0.466 e. The SMILES string of the molecule is CC.CCOC(=O)CCC(=O)OC(=O)OC. The van der Waals surface area contributed by atoms with E-state index in [1.807, 2.05) is 13.8 Å². The van der Waals surface area contributed by atoms with Crippen LogP contribution < -0.4 is 0 Å². The van der Waals surface area contributed by atoms with Crippen molar-refractivity contribution in [3.8, 4) is 0 Å². The Balaban J connectivity index is 0. The van der Waals surface area contributed by atoms with Gasteiger partial charge in [-0.2, -0.15) is 0 Å². The molecule has 16 heavy (non-hydrogen) atoms. The highest BCUT2D eigenvalue weighted by Gasteiger charge is 2.12. The van der Waals surface area contributed by atoms with Crippen LogP contribution in [0.5, 0.6) is 0 Å². The molecule has 0 fully saturated rings. The van der Waals surface area contributed by atoms with E-state index in [0.29, 0.717) is 0 Å². The fourth-order valence-corrected chi connectivity index (χ4v) is 0.623. The lowest BCUT2D eigenvalue weighted by Crippen LogP contribution is -2.14. The van der Waals surface area contributed by atoms with Crippen molar-refractivity contribution in [3.05, 3.63) is 0 Å². The van der Waals surface area contributed by atoms with Gasteiger partial charge in [-0.1, -0.05) is 13.8 Å². The predicted octanol–water partition coefficient (Wildman–Crippen LogP) is 1.67. The van der Waals surface area contributed by atoms with Gasteiger partial charge in [-0.05, 0) is 6.92 Å². The Labute approximate surface area is 94.9 Å². The molecule has 0 aliphatic rings. The maximum absolute atomic E-state index is 10.8. The fourth-order valence-electron chi connectivity index (χ4n) is 0.623. The molecule has 0 aromatic carbocycles. The van der Waals surface area contributed by atoms with Crippen LogP contribution in [0.1, 0.15) is 33.6 Å². The van der Waals surface area contributed by atoms with E-state index >= 15 is 0 Å². The van der Waals surface area contributed by atoms with Crippen molar-refractivity contribution < 1.29 is 28.6 Å². The highest BCUT2D eigenvalue weighted by Crippen LogP contribution is 1.96. The lowest BCUT2D eigenvalue weighted by atomic mass is 10.3. The third-order valence-corrected chi connectivity index (χ3v) is 1.20. The minimum atomic E-state index is -1.08. The molecule has 0 radical (unpaired) electrons. The zero-order chi connectivity index (χ0) is 13.0. The summed E-state index contributed by atoms with van der Waals surface area (Å²) in [5.41, 5.74) is 0. The van der Waals surface area contributed by atoms with E-state index in [2.05, 4.69) is 14.2 Å². The summed E-state index contributed by atoms with van der Waals surface area (Å²) in [6.07, 6.45) is -1.39. The van der Waals surface area contributed by atoms with Crippen molar-refractivity contribution in [1.82, 2.24) is 0 Å². The highest BCUT2D eigenvalue weighted by molar-refractivity contribution is 5.84. The Morgan fingerprint density at radius 3 is 1.94 bits per heavy atom. The van der Waals surface area contributed by atoms with Crippen molar-refractivity contribution in [2.24, 2.45) is 0 Å². The summed E-state index contributed by atoms with van der Waals surface area (Å²) in [6, 6.07) is 0. The van der Waals surface area contributed by atoms with Gasteiger partial charge < -0.3 is 14.2 Å². The number of hydrogen-bond acceptors (Lipinski definition) is 6. The summed E-state index contributed by atoms with van der Waals surface area (Å²) >= 11 is 0. The second kappa shape index (κ2) is 11.5. The monoisotopic (exact) mass is 234 g/mol. The molecule has 0 bridgehead atoms. The molecular formula is C10H18O6. The summed E-state index contributed by atoms with van der Waals surface area (Å²) in [4.78, 5) is 32.0. The van der Waals surface area contributed by atoms with Gasteiger partial charge in [0.2, 0.25) is 0 Å². The van der Waals surface area contributed by atoms with E-state index < -0.39 is 18.1 Å². The van der Waals surface area contributed by atoms with Crippen LogP contribution in [0.2, 0.25) is 0 Å². The van der Waals surface area contributed by atoms with Gasteiger partial charge in [-0.25, -0.2) is 4.79 Å². The van der Waals surface area contributed by atoms with Crippen LogP contribution in [-0.2, 0) is 23.8 Å². The van der Waals surface area contributed by atoms with E-state index in [0.717, 1.165) is 7.11 Å². The third kappa shape index (κ3) is 10.5. The summed E-state index contributed by atoms with van der Waals surface area (Å²) in [6.45, 7) is 5.91. The quantitative estimate of drug-likeness (QED) is 0.543. The number of carbonyl (C=O) groups is 3. The van der Waals surface area contributed by atoms with Crippen LogP contribution in [0.4, 0.5) is 4.79 Å². The Bertz CT molecular complexity index is 223. The molecule has 0 aliphatic carbocycles. The summed E-state index contributed by atoms with van der Waals surface area (Å²) in [7, 11) is 1.08. The molecule has 0 rings (SSSR count). The summed E-state index contributed by atoms with van der Waals surface area (Å²) < 4.78 is 12.8. The average Bonchev–Trinajstić information content (AvgIpc) is 2.29. The normalized spacial score (nSPS) is 8.25. The molecule has 0 amide bonds. The smallest absolute Gasteiger partial charge is 0.466 e. The van der Waals surface area contributed by atoms with Gasteiger partial charge in [0.25, 0.3) is 0 Å². The van der Waals surface area contributed by atoms with Gasteiger partial charge in [0.05, 0.1) is 26.6 Å². The van der Waals surface area contributed by atoms with E-state index in [4.69, 9.17) is 0 Å². The molecule has 6 heteroatoms. The first kappa shape index (κ1) is 16.8. The van der Waals surface area contributed by atoms with Crippen LogP contribution in [0.15, 0.2) is 0 Å². The molecule has 0 atom stereocenters. The maximum atomic E-state index is 10.8. The number of methoxy groups -OCH3 is 1. The van der Waals surface area contributed by atoms with E-state index in [1.54, 1.807) is 6.92 Å². The van der Waals surface area contributed by atoms with Crippen LogP contribution in [0.25, 0.3) is 0 Å². The summed E-state index contributed by atoms with van der Waals surface area (Å²) in [5, 5.41) is 0. The van der Waals surface area contributed by atoms with E-state index in [9.17, 15) is 14.4 Å². The largest absolute Gasteiger partial charge is 0.515 e. The Morgan fingerprint density at radius 1 is 1.00 bits per heavy atom. The van der Waals surface area contributed by atoms with Gasteiger partial charge in [0.1, 0.15) is 0 Å². The second-order valence-electron chi connectivity index (χ2n) is 2.23. The molecule has 94 valence electrons. The number of hydrogen-bond donors (Lipinski definition) is 0. The number of rotatable bonds is 4. The molecule has 0 aromatic rings. The van der Waals surface area contributed by atoms with Crippen molar-refractivity contribution in [2.75, 3.05) is 13.7 Å². The van der Waals surface area contributed by atoms with Crippen molar-refractivity contribution in [2.45, 2.75) is 33.6 Å². The molecule has 0 aromatic heterocycles. The fraction of sp³-hybridized carbons (Fsp3) is 0.700. The lowest BCUT2D eigenvalue weighted by molar-refractivity contribution is -0.148. The number of carbonyl (C=O) groups excluding carboxylic acids is 3. The van der Waals surface area contributed by atoms with Crippen LogP contribution in [0.3, 0.4) is 0 Å². The minimum absolute atomic E-state index is 0.107. The Hall–Kier alpha value is -1.59. The molecular weight excluding hydrogens is 216 g/mol.